The zero-order valence-corrected chi connectivity index (χ0v) is 15.9. The van der Waals surface area contributed by atoms with Crippen molar-refractivity contribution in [3.8, 4) is 0 Å². The van der Waals surface area contributed by atoms with Gasteiger partial charge in [0.2, 0.25) is 5.91 Å². The number of quaternary nitrogens is 1. The number of piperidine rings is 1. The van der Waals surface area contributed by atoms with Crippen LogP contribution in [0, 0.1) is 6.92 Å². The Balaban J connectivity index is 1.61. The van der Waals surface area contributed by atoms with Crippen molar-refractivity contribution in [3.63, 3.8) is 0 Å². The summed E-state index contributed by atoms with van der Waals surface area (Å²) in [7, 11) is 4.16. The first-order chi connectivity index (χ1) is 12.5. The summed E-state index contributed by atoms with van der Waals surface area (Å²) in [4.78, 5) is 18.7. The molecule has 4 nitrogen and oxygen atoms in total. The number of fused-ring (bicyclic) bond motifs is 3. The molecule has 1 fully saturated rings. The Morgan fingerprint density at radius 1 is 1.23 bits per heavy atom. The van der Waals surface area contributed by atoms with Gasteiger partial charge in [0.05, 0.1) is 32.6 Å². The van der Waals surface area contributed by atoms with E-state index in [1.807, 2.05) is 37.4 Å². The van der Waals surface area contributed by atoms with Gasteiger partial charge in [0.25, 0.3) is 0 Å². The molecule has 136 valence electrons. The summed E-state index contributed by atoms with van der Waals surface area (Å²) in [6.45, 7) is 4.93. The predicted molar refractivity (Wildman–Crippen MR) is 106 cm³/mol. The summed E-state index contributed by atoms with van der Waals surface area (Å²) in [5, 5.41) is 0. The van der Waals surface area contributed by atoms with Gasteiger partial charge in [0, 0.05) is 30.9 Å². The van der Waals surface area contributed by atoms with Gasteiger partial charge in [0.1, 0.15) is 0 Å². The van der Waals surface area contributed by atoms with E-state index in [4.69, 9.17) is 0 Å². The molecule has 3 atom stereocenters. The highest BCUT2D eigenvalue weighted by Crippen LogP contribution is 2.42. The van der Waals surface area contributed by atoms with Gasteiger partial charge in [-0.3, -0.25) is 4.79 Å². The van der Waals surface area contributed by atoms with Crippen LogP contribution < -0.4 is 14.7 Å². The number of hydrogen-bond donors (Lipinski definition) is 1. The first-order valence-corrected chi connectivity index (χ1v) is 9.54. The summed E-state index contributed by atoms with van der Waals surface area (Å²) >= 11 is 0. The van der Waals surface area contributed by atoms with E-state index < -0.39 is 0 Å². The lowest BCUT2D eigenvalue weighted by atomic mass is 9.89. The predicted octanol–water partition coefficient (Wildman–Crippen LogP) is 1.85. The van der Waals surface area contributed by atoms with E-state index in [1.54, 1.807) is 9.80 Å². The lowest BCUT2D eigenvalue weighted by Gasteiger charge is -2.35. The van der Waals surface area contributed by atoms with Crippen LogP contribution in [0.2, 0.25) is 0 Å². The molecule has 1 unspecified atom stereocenters. The number of carbonyl (C=O) groups excluding carboxylic acids is 1. The number of nitrogens with zero attached hydrogens (tertiary/aromatic N) is 2. The van der Waals surface area contributed by atoms with Crippen molar-refractivity contribution in [2.24, 2.45) is 0 Å². The largest absolute Gasteiger partial charge is 0.358 e. The van der Waals surface area contributed by atoms with Crippen LogP contribution in [0.25, 0.3) is 0 Å². The smallest absolute Gasteiger partial charge is 0.246 e. The second kappa shape index (κ2) is 6.76. The highest BCUT2D eigenvalue weighted by Gasteiger charge is 2.43. The van der Waals surface area contributed by atoms with Gasteiger partial charge in [-0.2, -0.15) is 0 Å². The molecule has 2 aliphatic rings. The molecule has 0 spiro atoms. The van der Waals surface area contributed by atoms with E-state index in [1.165, 1.54) is 23.4 Å². The number of likely N-dealkylation sites (tertiary alicyclic amines) is 1. The van der Waals surface area contributed by atoms with Crippen molar-refractivity contribution < 1.29 is 9.69 Å². The number of amides is 1. The Labute approximate surface area is 156 Å². The number of likely N-dealkylation sites (N-methyl/N-ethyl adjacent to an activating group) is 2. The second-order valence-electron chi connectivity index (χ2n) is 7.85. The van der Waals surface area contributed by atoms with Crippen molar-refractivity contribution in [2.45, 2.75) is 25.3 Å². The van der Waals surface area contributed by atoms with Gasteiger partial charge in [-0.1, -0.05) is 35.9 Å². The average Bonchev–Trinajstić information content (AvgIpc) is 2.94. The molecule has 1 amide bonds. The Hall–Kier alpha value is -2.33. The minimum atomic E-state index is 0.148. The number of para-hydroxylation sites is 1. The van der Waals surface area contributed by atoms with Crippen LogP contribution in [0.5, 0.6) is 0 Å². The van der Waals surface area contributed by atoms with Crippen molar-refractivity contribution in [3.05, 3.63) is 59.7 Å². The molecule has 0 radical (unpaired) electrons. The standard InChI is InChI=1S/C22H27N3O/c1-16-9-10-20-18(13-16)19-14-23(2)12-11-21(19)25(20)15-22(26)24(3)17-7-5-4-6-8-17/h4-10,13,19,21H,11-12,14-15H2,1-3H3/p+1/t19-,21+/m1/s1. The molecule has 1 N–H and O–H groups in total. The molecule has 26 heavy (non-hydrogen) atoms. The van der Waals surface area contributed by atoms with E-state index in [9.17, 15) is 4.79 Å². The third-order valence-electron chi connectivity index (χ3n) is 6.02. The number of anilines is 2. The summed E-state index contributed by atoms with van der Waals surface area (Å²) < 4.78 is 0. The maximum absolute atomic E-state index is 13.0. The fourth-order valence-electron chi connectivity index (χ4n) is 4.56. The SMILES string of the molecule is Cc1ccc2c(c1)[C@H]1C[NH+](C)CC[C@@H]1N2CC(=O)N(C)c1ccccc1. The number of rotatable bonds is 3. The summed E-state index contributed by atoms with van der Waals surface area (Å²) in [6, 6.07) is 17.1. The average molecular weight is 350 g/mol. The molecular formula is C22H28N3O+. The molecule has 0 saturated carbocycles. The number of aryl methyl sites for hydroxylation is 1. The van der Waals surface area contributed by atoms with Gasteiger partial charge in [0.15, 0.2) is 0 Å². The zero-order valence-electron chi connectivity index (χ0n) is 15.9. The van der Waals surface area contributed by atoms with E-state index in [-0.39, 0.29) is 5.91 Å². The maximum atomic E-state index is 13.0. The van der Waals surface area contributed by atoms with Crippen molar-refractivity contribution in [2.75, 3.05) is 43.5 Å². The van der Waals surface area contributed by atoms with E-state index in [0.717, 1.165) is 18.7 Å². The third-order valence-corrected chi connectivity index (χ3v) is 6.02. The topological polar surface area (TPSA) is 28.0 Å². The fourth-order valence-corrected chi connectivity index (χ4v) is 4.56. The molecule has 2 heterocycles. The molecule has 0 bridgehead atoms. The number of nitrogens with one attached hydrogen (secondary N) is 1. The highest BCUT2D eigenvalue weighted by atomic mass is 16.2. The van der Waals surface area contributed by atoms with Crippen LogP contribution in [-0.2, 0) is 4.79 Å². The summed E-state index contributed by atoms with van der Waals surface area (Å²) in [5.74, 6) is 0.683. The zero-order chi connectivity index (χ0) is 18.3. The van der Waals surface area contributed by atoms with Crippen LogP contribution >= 0.6 is 0 Å². The van der Waals surface area contributed by atoms with Crippen molar-refractivity contribution >= 4 is 17.3 Å². The van der Waals surface area contributed by atoms with Gasteiger partial charge < -0.3 is 14.7 Å². The molecule has 4 rings (SSSR count). The number of hydrogen-bond acceptors (Lipinski definition) is 2. The minimum Gasteiger partial charge on any atom is -0.358 e. The lowest BCUT2D eigenvalue weighted by Crippen LogP contribution is -3.11. The Kier molecular flexibility index (Phi) is 4.45. The van der Waals surface area contributed by atoms with Gasteiger partial charge >= 0.3 is 0 Å². The Morgan fingerprint density at radius 2 is 2.00 bits per heavy atom. The van der Waals surface area contributed by atoms with Gasteiger partial charge in [-0.25, -0.2) is 0 Å². The fraction of sp³-hybridized carbons (Fsp3) is 0.409. The van der Waals surface area contributed by atoms with E-state index in [2.05, 4.69) is 37.1 Å². The summed E-state index contributed by atoms with van der Waals surface area (Å²) in [6.07, 6.45) is 1.15. The van der Waals surface area contributed by atoms with Gasteiger partial charge in [-0.15, -0.1) is 0 Å². The normalized spacial score (nSPS) is 24.1. The van der Waals surface area contributed by atoms with Gasteiger partial charge in [-0.05, 0) is 30.7 Å². The quantitative estimate of drug-likeness (QED) is 0.915. The monoisotopic (exact) mass is 350 g/mol. The summed E-state index contributed by atoms with van der Waals surface area (Å²) in [5.41, 5.74) is 4.95. The maximum Gasteiger partial charge on any atom is 0.246 e. The molecule has 2 aromatic rings. The van der Waals surface area contributed by atoms with Crippen LogP contribution in [0.15, 0.2) is 48.5 Å². The molecule has 4 heteroatoms. The lowest BCUT2D eigenvalue weighted by molar-refractivity contribution is -0.886. The van der Waals surface area contributed by atoms with Crippen LogP contribution in [0.3, 0.4) is 0 Å². The molecule has 0 aliphatic carbocycles. The van der Waals surface area contributed by atoms with Crippen LogP contribution in [0.1, 0.15) is 23.5 Å². The molecule has 1 saturated heterocycles. The minimum absolute atomic E-state index is 0.148. The highest BCUT2D eigenvalue weighted by molar-refractivity contribution is 5.96. The molecule has 2 aliphatic heterocycles. The molecule has 2 aromatic carbocycles. The van der Waals surface area contributed by atoms with E-state index in [0.29, 0.717) is 18.5 Å². The first kappa shape index (κ1) is 17.1. The second-order valence-corrected chi connectivity index (χ2v) is 7.85. The number of carbonyl (C=O) groups is 1. The van der Waals surface area contributed by atoms with Crippen LogP contribution in [-0.4, -0.2) is 45.7 Å². The number of benzene rings is 2. The Morgan fingerprint density at radius 3 is 2.77 bits per heavy atom. The molecule has 0 aromatic heterocycles. The molecular weight excluding hydrogens is 322 g/mol. The van der Waals surface area contributed by atoms with E-state index >= 15 is 0 Å². The van der Waals surface area contributed by atoms with Crippen LogP contribution in [0.4, 0.5) is 11.4 Å². The third kappa shape index (κ3) is 2.99. The van der Waals surface area contributed by atoms with Crippen molar-refractivity contribution in [1.29, 1.82) is 0 Å². The Bertz CT molecular complexity index is 804. The first-order valence-electron chi connectivity index (χ1n) is 9.54. The van der Waals surface area contributed by atoms with Crippen molar-refractivity contribution in [1.82, 2.24) is 0 Å².